The van der Waals surface area contributed by atoms with E-state index in [-0.39, 0.29) is 12.1 Å². The molecule has 7 nitrogen and oxygen atoms in total. The zero-order valence-corrected chi connectivity index (χ0v) is 14.4. The maximum atomic E-state index is 12.4. The molecule has 1 saturated carbocycles. The summed E-state index contributed by atoms with van der Waals surface area (Å²) in [4.78, 5) is 14.2. The van der Waals surface area contributed by atoms with Gasteiger partial charge >= 0.3 is 6.03 Å². The molecule has 4 rings (SSSR count). The minimum Gasteiger partial charge on any atom is -0.497 e. The molecular weight excluding hydrogens is 318 g/mol. The molecule has 1 unspecified atom stereocenters. The summed E-state index contributed by atoms with van der Waals surface area (Å²) in [6.45, 7) is 1.94. The van der Waals surface area contributed by atoms with Crippen molar-refractivity contribution in [2.75, 3.05) is 20.2 Å². The monoisotopic (exact) mass is 341 g/mol. The highest BCUT2D eigenvalue weighted by molar-refractivity contribution is 5.74. The van der Waals surface area contributed by atoms with Crippen LogP contribution < -0.4 is 10.1 Å². The Kier molecular flexibility index (Phi) is 4.29. The van der Waals surface area contributed by atoms with Gasteiger partial charge in [-0.25, -0.2) is 9.48 Å². The predicted octanol–water partition coefficient (Wildman–Crippen LogP) is 2.32. The van der Waals surface area contributed by atoms with Crippen LogP contribution in [0.5, 0.6) is 5.75 Å². The van der Waals surface area contributed by atoms with Gasteiger partial charge < -0.3 is 15.0 Å². The van der Waals surface area contributed by atoms with Gasteiger partial charge in [-0.15, -0.1) is 5.10 Å². The Morgan fingerprint density at radius 2 is 2.08 bits per heavy atom. The maximum absolute atomic E-state index is 12.4. The van der Waals surface area contributed by atoms with E-state index >= 15 is 0 Å². The number of likely N-dealkylation sites (tertiary alicyclic amines) is 1. The zero-order valence-electron chi connectivity index (χ0n) is 14.4. The summed E-state index contributed by atoms with van der Waals surface area (Å²) in [5.74, 6) is 1.43. The van der Waals surface area contributed by atoms with E-state index in [1.807, 2.05) is 33.8 Å². The third-order valence-electron chi connectivity index (χ3n) is 4.95. The highest BCUT2D eigenvalue weighted by Gasteiger charge is 2.31. The van der Waals surface area contributed by atoms with E-state index in [0.29, 0.717) is 19.0 Å². The van der Waals surface area contributed by atoms with E-state index in [0.717, 1.165) is 30.0 Å². The van der Waals surface area contributed by atoms with E-state index < -0.39 is 0 Å². The molecule has 1 aliphatic carbocycles. The van der Waals surface area contributed by atoms with E-state index in [1.165, 1.54) is 12.8 Å². The number of amides is 2. The maximum Gasteiger partial charge on any atom is 0.317 e. The molecule has 0 radical (unpaired) electrons. The van der Waals surface area contributed by atoms with Crippen LogP contribution in [0.2, 0.25) is 0 Å². The van der Waals surface area contributed by atoms with Crippen LogP contribution in [0, 0.1) is 0 Å². The predicted molar refractivity (Wildman–Crippen MR) is 92.5 cm³/mol. The van der Waals surface area contributed by atoms with Crippen molar-refractivity contribution >= 4 is 6.03 Å². The normalized spacial score (nSPS) is 19.9. The lowest BCUT2D eigenvalue weighted by atomic mass is 10.2. The summed E-state index contributed by atoms with van der Waals surface area (Å²) in [6.07, 6.45) is 5.43. The largest absolute Gasteiger partial charge is 0.497 e. The molecule has 1 aromatic heterocycles. The molecule has 0 bridgehead atoms. The number of hydrogen-bond donors (Lipinski definition) is 1. The molecule has 2 heterocycles. The Hall–Kier alpha value is -2.57. The quantitative estimate of drug-likeness (QED) is 0.906. The average molecular weight is 341 g/mol. The molecule has 2 aliphatic rings. The molecule has 2 fully saturated rings. The number of hydrogen-bond acceptors (Lipinski definition) is 4. The van der Waals surface area contributed by atoms with Crippen LogP contribution in [0.15, 0.2) is 30.5 Å². The molecule has 2 aromatic rings. The fraction of sp³-hybridized carbons (Fsp3) is 0.500. The molecule has 1 atom stereocenters. The minimum atomic E-state index is -0.0270. The number of carbonyl (C=O) groups is 1. The molecule has 132 valence electrons. The lowest BCUT2D eigenvalue weighted by molar-refractivity contribution is 0.206. The van der Waals surface area contributed by atoms with Crippen LogP contribution in [-0.4, -0.2) is 46.1 Å². The number of methoxy groups -OCH3 is 1. The number of rotatable bonds is 5. The molecule has 1 N–H and O–H groups in total. The van der Waals surface area contributed by atoms with Crippen molar-refractivity contribution < 1.29 is 9.53 Å². The van der Waals surface area contributed by atoms with Gasteiger partial charge in [0.2, 0.25) is 0 Å². The molecule has 0 spiro atoms. The Balaban J connectivity index is 1.28. The molecule has 2 amide bonds. The van der Waals surface area contributed by atoms with Crippen LogP contribution in [0.4, 0.5) is 4.79 Å². The highest BCUT2D eigenvalue weighted by Crippen LogP contribution is 2.39. The second kappa shape index (κ2) is 6.74. The van der Waals surface area contributed by atoms with Gasteiger partial charge in [-0.2, -0.15) is 0 Å². The Morgan fingerprint density at radius 3 is 2.80 bits per heavy atom. The number of nitrogens with zero attached hydrogens (tertiary/aromatic N) is 4. The van der Waals surface area contributed by atoms with Gasteiger partial charge in [-0.1, -0.05) is 17.3 Å². The first-order chi connectivity index (χ1) is 12.2. The molecule has 7 heteroatoms. The summed E-state index contributed by atoms with van der Waals surface area (Å²) >= 11 is 0. The first-order valence-corrected chi connectivity index (χ1v) is 8.80. The zero-order chi connectivity index (χ0) is 17.2. The average Bonchev–Trinajstić information content (AvgIpc) is 3.18. The van der Waals surface area contributed by atoms with Crippen LogP contribution in [0.3, 0.4) is 0 Å². The summed E-state index contributed by atoms with van der Waals surface area (Å²) in [7, 11) is 1.64. The number of nitrogens with one attached hydrogen (secondary N) is 1. The number of urea groups is 1. The number of ether oxygens (including phenoxy) is 1. The Morgan fingerprint density at radius 1 is 1.28 bits per heavy atom. The van der Waals surface area contributed by atoms with Gasteiger partial charge in [0, 0.05) is 31.7 Å². The van der Waals surface area contributed by atoms with Crippen LogP contribution in [0.1, 0.15) is 42.5 Å². The minimum absolute atomic E-state index is 0.0270. The fourth-order valence-corrected chi connectivity index (χ4v) is 3.21. The first-order valence-electron chi connectivity index (χ1n) is 8.80. The highest BCUT2D eigenvalue weighted by atomic mass is 16.5. The van der Waals surface area contributed by atoms with Gasteiger partial charge in [0.25, 0.3) is 0 Å². The lowest BCUT2D eigenvalue weighted by Gasteiger charge is -2.17. The third kappa shape index (κ3) is 3.60. The summed E-state index contributed by atoms with van der Waals surface area (Å²) < 4.78 is 7.08. The second-order valence-electron chi connectivity index (χ2n) is 6.79. The van der Waals surface area contributed by atoms with Crippen LogP contribution in [-0.2, 0) is 6.54 Å². The van der Waals surface area contributed by atoms with Crippen molar-refractivity contribution in [3.8, 4) is 5.75 Å². The molecule has 1 aliphatic heterocycles. The molecular formula is C18H23N5O2. The molecule has 1 aromatic carbocycles. The van der Waals surface area contributed by atoms with Crippen molar-refractivity contribution in [2.24, 2.45) is 0 Å². The van der Waals surface area contributed by atoms with E-state index in [1.54, 1.807) is 7.11 Å². The second-order valence-corrected chi connectivity index (χ2v) is 6.79. The van der Waals surface area contributed by atoms with Crippen molar-refractivity contribution in [2.45, 2.75) is 37.8 Å². The molecule has 25 heavy (non-hydrogen) atoms. The van der Waals surface area contributed by atoms with Crippen molar-refractivity contribution in [1.29, 1.82) is 0 Å². The smallest absolute Gasteiger partial charge is 0.317 e. The van der Waals surface area contributed by atoms with Crippen molar-refractivity contribution in [3.05, 3.63) is 41.7 Å². The van der Waals surface area contributed by atoms with E-state index in [2.05, 4.69) is 21.8 Å². The van der Waals surface area contributed by atoms with Gasteiger partial charge in [-0.05, 0) is 37.0 Å². The van der Waals surface area contributed by atoms with E-state index in [9.17, 15) is 4.79 Å². The van der Waals surface area contributed by atoms with Crippen LogP contribution >= 0.6 is 0 Å². The van der Waals surface area contributed by atoms with Gasteiger partial charge in [0.05, 0.1) is 18.8 Å². The summed E-state index contributed by atoms with van der Waals surface area (Å²) in [6, 6.07) is 7.92. The summed E-state index contributed by atoms with van der Waals surface area (Å²) in [5, 5.41) is 11.5. The number of benzene rings is 1. The number of aromatic nitrogens is 3. The Labute approximate surface area is 147 Å². The molecule has 1 saturated heterocycles. The lowest BCUT2D eigenvalue weighted by Crippen LogP contribution is -2.38. The topological polar surface area (TPSA) is 72.3 Å². The van der Waals surface area contributed by atoms with Gasteiger partial charge in [-0.3, -0.25) is 0 Å². The van der Waals surface area contributed by atoms with Crippen molar-refractivity contribution in [3.63, 3.8) is 0 Å². The number of carbonyl (C=O) groups excluding carboxylic acids is 1. The van der Waals surface area contributed by atoms with Gasteiger partial charge in [0.15, 0.2) is 0 Å². The van der Waals surface area contributed by atoms with E-state index in [4.69, 9.17) is 4.74 Å². The Bertz CT molecular complexity index is 738. The third-order valence-corrected chi connectivity index (χ3v) is 4.95. The SMILES string of the molecule is COc1ccc(CNC(=O)N2CCC(n3cc(C4CC4)nn3)C2)cc1. The summed E-state index contributed by atoms with van der Waals surface area (Å²) in [5.41, 5.74) is 2.15. The fourth-order valence-electron chi connectivity index (χ4n) is 3.21. The standard InChI is InChI=1S/C18H23N5O2/c1-25-16-6-2-13(3-7-16)10-19-18(24)22-9-8-15(11-22)23-12-17(20-21-23)14-4-5-14/h2-3,6-7,12,14-15H,4-5,8-11H2,1H3,(H,19,24). The van der Waals surface area contributed by atoms with Gasteiger partial charge in [0.1, 0.15) is 5.75 Å². The van der Waals surface area contributed by atoms with Crippen LogP contribution in [0.25, 0.3) is 0 Å². The van der Waals surface area contributed by atoms with Crippen molar-refractivity contribution in [1.82, 2.24) is 25.2 Å². The first kappa shape index (κ1) is 15.9.